The summed E-state index contributed by atoms with van der Waals surface area (Å²) in [5, 5.41) is 1.04. The molecule has 0 fully saturated rings. The van der Waals surface area contributed by atoms with Crippen LogP contribution >= 0.6 is 35.8 Å². The number of ether oxygens (including phenoxy) is 1. The van der Waals surface area contributed by atoms with Gasteiger partial charge in [-0.2, -0.15) is 0 Å². The van der Waals surface area contributed by atoms with Crippen molar-refractivity contribution in [2.75, 3.05) is 26.4 Å². The molecule has 1 heterocycles. The average Bonchev–Trinajstić information content (AvgIpc) is 2.46. The number of benzene rings is 2. The number of nitrogens with zero attached hydrogens (tertiary/aromatic N) is 1. The molecule has 0 saturated heterocycles. The van der Waals surface area contributed by atoms with Crippen LogP contribution in [0.15, 0.2) is 42.5 Å². The zero-order chi connectivity index (χ0) is 14.8. The maximum Gasteiger partial charge on any atom is 0.132 e. The Kier molecular flexibility index (Phi) is 6.04. The maximum absolute atomic E-state index is 6.18. The van der Waals surface area contributed by atoms with Gasteiger partial charge in [0, 0.05) is 28.4 Å². The largest absolute Gasteiger partial charge is 0.457 e. The van der Waals surface area contributed by atoms with Crippen molar-refractivity contribution < 1.29 is 4.74 Å². The number of thioether (sulfide) groups is 1. The monoisotopic (exact) mass is 355 g/mol. The second-order valence-electron chi connectivity index (χ2n) is 5.38. The van der Waals surface area contributed by atoms with Crippen LogP contribution in [-0.4, -0.2) is 31.3 Å². The van der Waals surface area contributed by atoms with Crippen molar-refractivity contribution in [3.63, 3.8) is 0 Å². The highest BCUT2D eigenvalue weighted by atomic mass is 35.5. The van der Waals surface area contributed by atoms with Crippen molar-refractivity contribution >= 4 is 35.8 Å². The van der Waals surface area contributed by atoms with Crippen LogP contribution in [-0.2, 0) is 0 Å². The lowest BCUT2D eigenvalue weighted by Crippen LogP contribution is -2.16. The summed E-state index contributed by atoms with van der Waals surface area (Å²) in [4.78, 5) is 2.21. The summed E-state index contributed by atoms with van der Waals surface area (Å²) in [6.45, 7) is 1.06. The molecule has 22 heavy (non-hydrogen) atoms. The second kappa shape index (κ2) is 7.60. The summed E-state index contributed by atoms with van der Waals surface area (Å²) in [5.41, 5.74) is 2.40. The Balaban J connectivity index is 0.00000176. The van der Waals surface area contributed by atoms with Gasteiger partial charge in [0.15, 0.2) is 0 Å². The van der Waals surface area contributed by atoms with Gasteiger partial charge in [-0.05, 0) is 38.4 Å². The molecule has 118 valence electrons. The zero-order valence-corrected chi connectivity index (χ0v) is 15.0. The van der Waals surface area contributed by atoms with Gasteiger partial charge in [0.25, 0.3) is 0 Å². The van der Waals surface area contributed by atoms with Gasteiger partial charge in [0.1, 0.15) is 11.5 Å². The number of rotatable bonds is 4. The highest BCUT2D eigenvalue weighted by molar-refractivity contribution is 7.99. The summed E-state index contributed by atoms with van der Waals surface area (Å²) < 4.78 is 6.01. The van der Waals surface area contributed by atoms with Crippen LogP contribution in [0.2, 0.25) is 5.02 Å². The number of fused-ring (bicyclic) bond motifs is 2. The first-order valence-corrected chi connectivity index (χ1v) is 8.40. The number of para-hydroxylation sites is 1. The van der Waals surface area contributed by atoms with Crippen molar-refractivity contribution in [3.8, 4) is 11.5 Å². The van der Waals surface area contributed by atoms with Crippen LogP contribution in [0.3, 0.4) is 0 Å². The maximum atomic E-state index is 6.18. The SMILES string of the molecule is CN(C)CCSC1c2ccccc2Oc2ccc(Cl)cc21.Cl. The molecule has 1 aliphatic rings. The molecule has 0 spiro atoms. The second-order valence-corrected chi connectivity index (χ2v) is 7.03. The van der Waals surface area contributed by atoms with Crippen molar-refractivity contribution in [1.29, 1.82) is 0 Å². The van der Waals surface area contributed by atoms with E-state index in [1.807, 2.05) is 42.1 Å². The molecule has 1 atom stereocenters. The summed E-state index contributed by atoms with van der Waals surface area (Å²) in [6, 6.07) is 14.1. The fourth-order valence-electron chi connectivity index (χ4n) is 2.43. The molecule has 1 aliphatic heterocycles. The Morgan fingerprint density at radius 3 is 2.59 bits per heavy atom. The molecule has 0 amide bonds. The van der Waals surface area contributed by atoms with Gasteiger partial charge in [-0.1, -0.05) is 29.8 Å². The van der Waals surface area contributed by atoms with Gasteiger partial charge in [0.05, 0.1) is 5.25 Å². The van der Waals surface area contributed by atoms with Crippen LogP contribution in [0.4, 0.5) is 0 Å². The molecule has 2 aromatic carbocycles. The first kappa shape index (κ1) is 17.5. The molecule has 0 radical (unpaired) electrons. The van der Waals surface area contributed by atoms with E-state index in [-0.39, 0.29) is 17.7 Å². The van der Waals surface area contributed by atoms with Gasteiger partial charge < -0.3 is 9.64 Å². The standard InChI is InChI=1S/C17H18ClNOS.ClH/c1-19(2)9-10-21-17-13-5-3-4-6-15(13)20-16-8-7-12(18)11-14(16)17;/h3-8,11,17H,9-10H2,1-2H3;1H. The summed E-state index contributed by atoms with van der Waals surface area (Å²) in [6.07, 6.45) is 0. The van der Waals surface area contributed by atoms with E-state index in [1.54, 1.807) is 0 Å². The molecule has 5 heteroatoms. The van der Waals surface area contributed by atoms with Crippen LogP contribution in [0.5, 0.6) is 11.5 Å². The lowest BCUT2D eigenvalue weighted by Gasteiger charge is -2.28. The van der Waals surface area contributed by atoms with Gasteiger partial charge >= 0.3 is 0 Å². The minimum Gasteiger partial charge on any atom is -0.457 e. The molecule has 2 aromatic rings. The molecule has 0 aromatic heterocycles. The van der Waals surface area contributed by atoms with Gasteiger partial charge in [-0.3, -0.25) is 0 Å². The van der Waals surface area contributed by atoms with E-state index in [4.69, 9.17) is 16.3 Å². The molecule has 0 saturated carbocycles. The first-order valence-electron chi connectivity index (χ1n) is 6.97. The lowest BCUT2D eigenvalue weighted by molar-refractivity contribution is 0.437. The Morgan fingerprint density at radius 2 is 1.82 bits per heavy atom. The van der Waals surface area contributed by atoms with Crippen LogP contribution < -0.4 is 4.74 Å². The molecular formula is C17H19Cl2NOS. The van der Waals surface area contributed by atoms with E-state index in [0.717, 1.165) is 28.8 Å². The number of hydrogen-bond acceptors (Lipinski definition) is 3. The smallest absolute Gasteiger partial charge is 0.132 e. The van der Waals surface area contributed by atoms with E-state index in [0.29, 0.717) is 0 Å². The minimum absolute atomic E-state index is 0. The third-order valence-electron chi connectivity index (χ3n) is 3.50. The van der Waals surface area contributed by atoms with Crippen molar-refractivity contribution in [2.45, 2.75) is 5.25 Å². The predicted molar refractivity (Wildman–Crippen MR) is 98.1 cm³/mol. The normalized spacial score (nSPS) is 15.5. The van der Waals surface area contributed by atoms with E-state index >= 15 is 0 Å². The highest BCUT2D eigenvalue weighted by Crippen LogP contribution is 2.49. The number of halogens is 2. The molecule has 0 aliphatic carbocycles. The van der Waals surface area contributed by atoms with Gasteiger partial charge in [-0.15, -0.1) is 24.2 Å². The summed E-state index contributed by atoms with van der Waals surface area (Å²) >= 11 is 8.12. The molecule has 0 N–H and O–H groups in total. The Hall–Kier alpha value is -0.870. The van der Waals surface area contributed by atoms with Gasteiger partial charge in [-0.25, -0.2) is 0 Å². The predicted octanol–water partition coefficient (Wildman–Crippen LogP) is 5.25. The Bertz CT molecular complexity index is 648. The first-order chi connectivity index (χ1) is 10.1. The fourth-order valence-corrected chi connectivity index (χ4v) is 4.05. The van der Waals surface area contributed by atoms with Gasteiger partial charge in [0.2, 0.25) is 0 Å². The lowest BCUT2D eigenvalue weighted by atomic mass is 10.00. The minimum atomic E-state index is 0. The van der Waals surface area contributed by atoms with Crippen LogP contribution in [0.1, 0.15) is 16.4 Å². The van der Waals surface area contributed by atoms with Crippen molar-refractivity contribution in [2.24, 2.45) is 0 Å². The van der Waals surface area contributed by atoms with Crippen molar-refractivity contribution in [3.05, 3.63) is 58.6 Å². The summed E-state index contributed by atoms with van der Waals surface area (Å²) in [5.74, 6) is 2.94. The van der Waals surface area contributed by atoms with E-state index in [2.05, 4.69) is 31.1 Å². The molecule has 3 rings (SSSR count). The Morgan fingerprint density at radius 1 is 1.09 bits per heavy atom. The molecule has 0 bridgehead atoms. The third kappa shape index (κ3) is 3.72. The quantitative estimate of drug-likeness (QED) is 0.742. The Labute approximate surface area is 147 Å². The third-order valence-corrected chi connectivity index (χ3v) is 4.99. The topological polar surface area (TPSA) is 12.5 Å². The van der Waals surface area contributed by atoms with E-state index < -0.39 is 0 Å². The highest BCUT2D eigenvalue weighted by Gasteiger charge is 2.27. The van der Waals surface area contributed by atoms with E-state index in [9.17, 15) is 0 Å². The van der Waals surface area contributed by atoms with Crippen LogP contribution in [0, 0.1) is 0 Å². The molecule has 2 nitrogen and oxygen atoms in total. The van der Waals surface area contributed by atoms with E-state index in [1.165, 1.54) is 11.1 Å². The number of hydrogen-bond donors (Lipinski definition) is 0. The average molecular weight is 356 g/mol. The van der Waals surface area contributed by atoms with Crippen LogP contribution in [0.25, 0.3) is 0 Å². The summed E-state index contributed by atoms with van der Waals surface area (Å²) in [7, 11) is 4.20. The molecule has 1 unspecified atom stereocenters. The molecular weight excluding hydrogens is 337 g/mol. The fraction of sp³-hybridized carbons (Fsp3) is 0.294. The van der Waals surface area contributed by atoms with Crippen molar-refractivity contribution in [1.82, 2.24) is 4.90 Å². The zero-order valence-electron chi connectivity index (χ0n) is 12.6.